The lowest BCUT2D eigenvalue weighted by atomic mass is 10.0. The van der Waals surface area contributed by atoms with Crippen LogP contribution in [-0.2, 0) is 4.79 Å². The first-order valence-corrected chi connectivity index (χ1v) is 6.12. The van der Waals surface area contributed by atoms with Gasteiger partial charge in [-0.1, -0.05) is 17.7 Å². The van der Waals surface area contributed by atoms with Crippen molar-refractivity contribution in [2.24, 2.45) is 5.73 Å². The summed E-state index contributed by atoms with van der Waals surface area (Å²) in [7, 11) is 0. The summed E-state index contributed by atoms with van der Waals surface area (Å²) in [6.07, 6.45) is 0. The molecule has 0 saturated heterocycles. The molecule has 1 atom stereocenters. The number of carbonyl (C=O) groups is 1. The zero-order chi connectivity index (χ0) is 14.7. The fourth-order valence-electron chi connectivity index (χ4n) is 1.78. The predicted molar refractivity (Wildman–Crippen MR) is 73.4 cm³/mol. The average Bonchev–Trinajstić information content (AvgIpc) is 2.39. The third kappa shape index (κ3) is 3.05. The minimum Gasteiger partial charge on any atom is -0.370 e. The van der Waals surface area contributed by atoms with Gasteiger partial charge in [0.15, 0.2) is 0 Å². The molecule has 20 heavy (non-hydrogen) atoms. The molecule has 0 heterocycles. The third-order valence-electron chi connectivity index (χ3n) is 2.73. The number of benzene rings is 2. The Morgan fingerprint density at radius 3 is 2.35 bits per heavy atom. The lowest BCUT2D eigenvalue weighted by Gasteiger charge is -2.19. The molecule has 0 bridgehead atoms. The molecule has 0 fully saturated rings. The summed E-state index contributed by atoms with van der Waals surface area (Å²) in [6.45, 7) is 0. The smallest absolute Gasteiger partial charge is 0.244 e. The van der Waals surface area contributed by atoms with Gasteiger partial charge in [0.05, 0.1) is 0 Å². The topological polar surface area (TPSA) is 55.1 Å². The maximum atomic E-state index is 13.8. The van der Waals surface area contributed by atoms with Gasteiger partial charge in [-0.3, -0.25) is 4.79 Å². The molecule has 1 amide bonds. The molecule has 0 spiro atoms. The summed E-state index contributed by atoms with van der Waals surface area (Å²) in [5.74, 6) is -1.85. The van der Waals surface area contributed by atoms with Crippen LogP contribution in [0.5, 0.6) is 0 Å². The molecule has 2 rings (SSSR count). The van der Waals surface area contributed by atoms with Crippen molar-refractivity contribution in [2.45, 2.75) is 6.04 Å². The minimum atomic E-state index is -1.14. The van der Waals surface area contributed by atoms with E-state index in [0.717, 1.165) is 0 Å². The number of amides is 1. The van der Waals surface area contributed by atoms with Crippen LogP contribution in [0.1, 0.15) is 11.6 Å². The maximum absolute atomic E-state index is 13.8. The van der Waals surface area contributed by atoms with E-state index < -0.39 is 23.6 Å². The predicted octanol–water partition coefficient (Wildman–Crippen LogP) is 3.26. The number of nitrogens with one attached hydrogen (secondary N) is 1. The zero-order valence-corrected chi connectivity index (χ0v) is 11.0. The second-order valence-electron chi connectivity index (χ2n) is 4.12. The fraction of sp³-hybridized carbons (Fsp3) is 0.0714. The molecule has 0 radical (unpaired) electrons. The Morgan fingerprint density at radius 2 is 1.80 bits per heavy atom. The molecule has 2 aromatic rings. The highest BCUT2D eigenvalue weighted by molar-refractivity contribution is 6.31. The van der Waals surface area contributed by atoms with Crippen LogP contribution in [0.4, 0.5) is 14.5 Å². The Balaban J connectivity index is 2.37. The van der Waals surface area contributed by atoms with Gasteiger partial charge < -0.3 is 11.1 Å². The van der Waals surface area contributed by atoms with Crippen molar-refractivity contribution >= 4 is 23.2 Å². The standard InChI is InChI=1S/C14H11ClF2N2O/c15-10-2-1-3-11(17)12(10)13(14(18)20)19-9-6-4-8(16)5-7-9/h1-7,13,19H,(H2,18,20). The Hall–Kier alpha value is -2.14. The van der Waals surface area contributed by atoms with Crippen LogP contribution in [0.15, 0.2) is 42.5 Å². The first-order chi connectivity index (χ1) is 9.49. The number of hydrogen-bond donors (Lipinski definition) is 2. The quantitative estimate of drug-likeness (QED) is 0.910. The van der Waals surface area contributed by atoms with Gasteiger partial charge in [0.25, 0.3) is 0 Å². The highest BCUT2D eigenvalue weighted by atomic mass is 35.5. The van der Waals surface area contributed by atoms with Gasteiger partial charge in [-0.15, -0.1) is 0 Å². The zero-order valence-electron chi connectivity index (χ0n) is 10.2. The van der Waals surface area contributed by atoms with Crippen molar-refractivity contribution in [1.82, 2.24) is 0 Å². The number of nitrogens with two attached hydrogens (primary N) is 1. The van der Waals surface area contributed by atoms with E-state index in [1.54, 1.807) is 0 Å². The van der Waals surface area contributed by atoms with E-state index in [0.29, 0.717) is 5.69 Å². The second-order valence-corrected chi connectivity index (χ2v) is 4.53. The SMILES string of the molecule is NC(=O)C(Nc1ccc(F)cc1)c1c(F)cccc1Cl. The molecular weight excluding hydrogens is 286 g/mol. The van der Waals surface area contributed by atoms with Crippen LogP contribution in [-0.4, -0.2) is 5.91 Å². The summed E-state index contributed by atoms with van der Waals surface area (Å²) in [4.78, 5) is 11.5. The Labute approximate surface area is 119 Å². The number of anilines is 1. The van der Waals surface area contributed by atoms with Gasteiger partial charge >= 0.3 is 0 Å². The van der Waals surface area contributed by atoms with E-state index in [9.17, 15) is 13.6 Å². The summed E-state index contributed by atoms with van der Waals surface area (Å²) in [5.41, 5.74) is 5.67. The number of halogens is 3. The molecule has 3 N–H and O–H groups in total. The van der Waals surface area contributed by atoms with Crippen LogP contribution in [0.3, 0.4) is 0 Å². The van der Waals surface area contributed by atoms with E-state index in [1.165, 1.54) is 42.5 Å². The van der Waals surface area contributed by atoms with E-state index in [4.69, 9.17) is 17.3 Å². The van der Waals surface area contributed by atoms with Gasteiger partial charge in [-0.05, 0) is 36.4 Å². The van der Waals surface area contributed by atoms with Gasteiger partial charge in [0.1, 0.15) is 17.7 Å². The lowest BCUT2D eigenvalue weighted by Crippen LogP contribution is -2.28. The van der Waals surface area contributed by atoms with E-state index in [1.807, 2.05) is 0 Å². The molecule has 0 aliphatic rings. The van der Waals surface area contributed by atoms with Crippen LogP contribution in [0, 0.1) is 11.6 Å². The molecule has 1 unspecified atom stereocenters. The first-order valence-electron chi connectivity index (χ1n) is 5.74. The van der Waals surface area contributed by atoms with Crippen LogP contribution < -0.4 is 11.1 Å². The van der Waals surface area contributed by atoms with E-state index in [2.05, 4.69) is 5.32 Å². The molecule has 2 aromatic carbocycles. The number of rotatable bonds is 4. The Morgan fingerprint density at radius 1 is 1.15 bits per heavy atom. The summed E-state index contributed by atoms with van der Waals surface area (Å²) in [6, 6.07) is 8.18. The molecule has 0 aromatic heterocycles. The van der Waals surface area contributed by atoms with E-state index >= 15 is 0 Å². The van der Waals surface area contributed by atoms with Crippen LogP contribution in [0.25, 0.3) is 0 Å². The maximum Gasteiger partial charge on any atom is 0.244 e. The Bertz CT molecular complexity index is 611. The molecule has 104 valence electrons. The molecule has 0 aliphatic carbocycles. The van der Waals surface area contributed by atoms with Crippen molar-refractivity contribution in [1.29, 1.82) is 0 Å². The number of primary amides is 1. The summed E-state index contributed by atoms with van der Waals surface area (Å²) < 4.78 is 26.7. The highest BCUT2D eigenvalue weighted by Gasteiger charge is 2.24. The monoisotopic (exact) mass is 296 g/mol. The molecular formula is C14H11ClF2N2O. The van der Waals surface area contributed by atoms with Crippen molar-refractivity contribution < 1.29 is 13.6 Å². The first kappa shape index (κ1) is 14.3. The van der Waals surface area contributed by atoms with Gasteiger partial charge in [-0.2, -0.15) is 0 Å². The Kier molecular flexibility index (Phi) is 4.20. The van der Waals surface area contributed by atoms with E-state index in [-0.39, 0.29) is 10.6 Å². The highest BCUT2D eigenvalue weighted by Crippen LogP contribution is 2.28. The second kappa shape index (κ2) is 5.88. The number of hydrogen-bond acceptors (Lipinski definition) is 2. The summed E-state index contributed by atoms with van der Waals surface area (Å²) in [5, 5.41) is 2.82. The minimum absolute atomic E-state index is 0.0361. The van der Waals surface area contributed by atoms with Gasteiger partial charge in [0.2, 0.25) is 5.91 Å². The van der Waals surface area contributed by atoms with Crippen molar-refractivity contribution in [2.75, 3.05) is 5.32 Å². The van der Waals surface area contributed by atoms with Crippen molar-refractivity contribution in [3.05, 3.63) is 64.7 Å². The van der Waals surface area contributed by atoms with Crippen molar-refractivity contribution in [3.63, 3.8) is 0 Å². The largest absolute Gasteiger partial charge is 0.370 e. The van der Waals surface area contributed by atoms with Crippen molar-refractivity contribution in [3.8, 4) is 0 Å². The third-order valence-corrected chi connectivity index (χ3v) is 3.06. The molecule has 0 aliphatic heterocycles. The average molecular weight is 297 g/mol. The van der Waals surface area contributed by atoms with Gasteiger partial charge in [0, 0.05) is 16.3 Å². The molecule has 6 heteroatoms. The normalized spacial score (nSPS) is 11.9. The fourth-order valence-corrected chi connectivity index (χ4v) is 2.06. The van der Waals surface area contributed by atoms with Crippen LogP contribution in [0.2, 0.25) is 5.02 Å². The summed E-state index contributed by atoms with van der Waals surface area (Å²) >= 11 is 5.91. The lowest BCUT2D eigenvalue weighted by molar-refractivity contribution is -0.118. The number of carbonyl (C=O) groups excluding carboxylic acids is 1. The van der Waals surface area contributed by atoms with Crippen LogP contribution >= 0.6 is 11.6 Å². The molecule has 3 nitrogen and oxygen atoms in total. The molecule has 0 saturated carbocycles. The van der Waals surface area contributed by atoms with Gasteiger partial charge in [-0.25, -0.2) is 8.78 Å².